The van der Waals surface area contributed by atoms with E-state index in [0.717, 1.165) is 31.1 Å². The van der Waals surface area contributed by atoms with E-state index in [9.17, 15) is 4.79 Å². The Bertz CT molecular complexity index is 643. The van der Waals surface area contributed by atoms with Crippen LogP contribution in [0, 0.1) is 0 Å². The van der Waals surface area contributed by atoms with Crippen molar-refractivity contribution in [1.29, 1.82) is 0 Å². The van der Waals surface area contributed by atoms with E-state index in [1.165, 1.54) is 17.8 Å². The topological polar surface area (TPSA) is 89.1 Å². The van der Waals surface area contributed by atoms with Gasteiger partial charge in [-0.3, -0.25) is 9.48 Å². The molecule has 1 aliphatic rings. The molecule has 0 aliphatic carbocycles. The van der Waals surface area contributed by atoms with Gasteiger partial charge in [-0.1, -0.05) is 11.3 Å². The number of hydrogen-bond donors (Lipinski definition) is 2. The second-order valence-corrected chi connectivity index (χ2v) is 6.06. The van der Waals surface area contributed by atoms with Crippen molar-refractivity contribution in [3.05, 3.63) is 17.1 Å². The lowest BCUT2D eigenvalue weighted by molar-refractivity contribution is 0.103. The van der Waals surface area contributed by atoms with Gasteiger partial charge in [0.15, 0.2) is 10.9 Å². The number of aromatic nitrogens is 3. The first-order valence-electron chi connectivity index (χ1n) is 6.96. The maximum atomic E-state index is 12.3. The van der Waals surface area contributed by atoms with Crippen LogP contribution in [0.2, 0.25) is 0 Å². The number of carbonyl (C=O) groups excluding carboxylic acids is 1. The van der Waals surface area contributed by atoms with Gasteiger partial charge in [-0.25, -0.2) is 4.98 Å². The molecule has 0 saturated carbocycles. The standard InChI is InChI=1S/C13H18N6OS/c1-18-8-5-9(17-18)15-12(20)10-11(14)16-13(21-10)19-6-3-2-4-7-19/h5,8H,2-4,6-7,14H2,1H3,(H,15,17,20). The first-order valence-corrected chi connectivity index (χ1v) is 7.77. The quantitative estimate of drug-likeness (QED) is 0.901. The molecule has 1 aliphatic heterocycles. The molecule has 7 nitrogen and oxygen atoms in total. The van der Waals surface area contributed by atoms with Crippen molar-refractivity contribution < 1.29 is 4.79 Å². The third-order valence-electron chi connectivity index (χ3n) is 3.43. The zero-order valence-corrected chi connectivity index (χ0v) is 12.7. The maximum Gasteiger partial charge on any atom is 0.270 e. The number of thiazole rings is 1. The molecule has 0 bridgehead atoms. The molecular formula is C13H18N6OS. The Hall–Kier alpha value is -2.09. The number of piperidine rings is 1. The van der Waals surface area contributed by atoms with Crippen molar-refractivity contribution in [1.82, 2.24) is 14.8 Å². The highest BCUT2D eigenvalue weighted by Crippen LogP contribution is 2.30. The fourth-order valence-electron chi connectivity index (χ4n) is 2.36. The van der Waals surface area contributed by atoms with Gasteiger partial charge >= 0.3 is 0 Å². The van der Waals surface area contributed by atoms with Crippen LogP contribution in [0.4, 0.5) is 16.8 Å². The minimum Gasteiger partial charge on any atom is -0.382 e. The Kier molecular flexibility index (Phi) is 3.78. The van der Waals surface area contributed by atoms with Crippen molar-refractivity contribution in [2.45, 2.75) is 19.3 Å². The molecule has 0 radical (unpaired) electrons. The first-order chi connectivity index (χ1) is 10.1. The molecule has 1 saturated heterocycles. The molecule has 2 aromatic rings. The van der Waals surface area contributed by atoms with Crippen LogP contribution in [0.25, 0.3) is 0 Å². The Morgan fingerprint density at radius 3 is 2.81 bits per heavy atom. The molecule has 0 aromatic carbocycles. The number of hydrogen-bond acceptors (Lipinski definition) is 6. The molecule has 3 rings (SSSR count). The van der Waals surface area contributed by atoms with Gasteiger partial charge in [0.2, 0.25) is 0 Å². The predicted molar refractivity (Wildman–Crippen MR) is 83.8 cm³/mol. The molecule has 3 heterocycles. The van der Waals surface area contributed by atoms with E-state index in [0.29, 0.717) is 10.7 Å². The first kappa shape index (κ1) is 13.9. The molecule has 1 amide bonds. The SMILES string of the molecule is Cn1ccc(NC(=O)c2sc(N3CCCCC3)nc2N)n1. The van der Waals surface area contributed by atoms with E-state index < -0.39 is 0 Å². The van der Waals surface area contributed by atoms with Crippen molar-refractivity contribution in [3.63, 3.8) is 0 Å². The average Bonchev–Trinajstić information content (AvgIpc) is 3.06. The van der Waals surface area contributed by atoms with E-state index in [1.807, 2.05) is 0 Å². The van der Waals surface area contributed by atoms with Crippen molar-refractivity contribution in [3.8, 4) is 0 Å². The highest BCUT2D eigenvalue weighted by molar-refractivity contribution is 7.18. The molecular weight excluding hydrogens is 288 g/mol. The summed E-state index contributed by atoms with van der Waals surface area (Å²) in [6.07, 6.45) is 5.35. The minimum absolute atomic E-state index is 0.257. The summed E-state index contributed by atoms with van der Waals surface area (Å²) < 4.78 is 1.63. The third kappa shape index (κ3) is 2.99. The largest absolute Gasteiger partial charge is 0.382 e. The average molecular weight is 306 g/mol. The van der Waals surface area contributed by atoms with E-state index >= 15 is 0 Å². The Morgan fingerprint density at radius 1 is 1.38 bits per heavy atom. The van der Waals surface area contributed by atoms with Crippen LogP contribution in [-0.4, -0.2) is 33.8 Å². The van der Waals surface area contributed by atoms with Crippen LogP contribution in [0.5, 0.6) is 0 Å². The lowest BCUT2D eigenvalue weighted by Gasteiger charge is -2.25. The predicted octanol–water partition coefficient (Wildman–Crippen LogP) is 1.70. The van der Waals surface area contributed by atoms with Crippen molar-refractivity contribution in [2.75, 3.05) is 29.0 Å². The second kappa shape index (κ2) is 5.72. The summed E-state index contributed by atoms with van der Waals surface area (Å²) in [6, 6.07) is 1.74. The number of nitrogen functional groups attached to an aromatic ring is 1. The van der Waals surface area contributed by atoms with Crippen LogP contribution in [0.3, 0.4) is 0 Å². The smallest absolute Gasteiger partial charge is 0.270 e. The fourth-order valence-corrected chi connectivity index (χ4v) is 3.29. The number of nitrogens with zero attached hydrogens (tertiary/aromatic N) is 4. The number of anilines is 3. The summed E-state index contributed by atoms with van der Waals surface area (Å²) in [5.41, 5.74) is 5.89. The van der Waals surface area contributed by atoms with Gasteiger partial charge in [0.05, 0.1) is 0 Å². The molecule has 3 N–H and O–H groups in total. The van der Waals surface area contributed by atoms with Gasteiger partial charge in [0, 0.05) is 32.4 Å². The monoisotopic (exact) mass is 306 g/mol. The number of carbonyl (C=O) groups is 1. The lowest BCUT2D eigenvalue weighted by atomic mass is 10.1. The van der Waals surface area contributed by atoms with Crippen LogP contribution in [0.15, 0.2) is 12.3 Å². The van der Waals surface area contributed by atoms with Gasteiger partial charge in [0.25, 0.3) is 5.91 Å². The van der Waals surface area contributed by atoms with E-state index in [4.69, 9.17) is 5.73 Å². The van der Waals surface area contributed by atoms with Gasteiger partial charge in [-0.05, 0) is 19.3 Å². The van der Waals surface area contributed by atoms with Gasteiger partial charge < -0.3 is 16.0 Å². The second-order valence-electron chi connectivity index (χ2n) is 5.09. The molecule has 0 unspecified atom stereocenters. The van der Waals surface area contributed by atoms with E-state index in [2.05, 4.69) is 20.3 Å². The highest BCUT2D eigenvalue weighted by atomic mass is 32.1. The number of amides is 1. The van der Waals surface area contributed by atoms with Crippen LogP contribution in [-0.2, 0) is 7.05 Å². The van der Waals surface area contributed by atoms with Gasteiger partial charge in [0.1, 0.15) is 10.7 Å². The molecule has 2 aromatic heterocycles. The summed E-state index contributed by atoms with van der Waals surface area (Å²) in [5.74, 6) is 0.538. The normalized spacial score (nSPS) is 15.2. The third-order valence-corrected chi connectivity index (χ3v) is 4.56. The maximum absolute atomic E-state index is 12.3. The van der Waals surface area contributed by atoms with Crippen LogP contribution in [0.1, 0.15) is 28.9 Å². The number of rotatable bonds is 3. The summed E-state index contributed by atoms with van der Waals surface area (Å²) >= 11 is 1.34. The summed E-state index contributed by atoms with van der Waals surface area (Å²) in [7, 11) is 1.80. The van der Waals surface area contributed by atoms with Crippen LogP contribution < -0.4 is 16.0 Å². The number of aryl methyl sites for hydroxylation is 1. The van der Waals surface area contributed by atoms with Gasteiger partial charge in [-0.2, -0.15) is 5.10 Å². The van der Waals surface area contributed by atoms with Crippen molar-refractivity contribution in [2.24, 2.45) is 7.05 Å². The lowest BCUT2D eigenvalue weighted by Crippen LogP contribution is -2.29. The summed E-state index contributed by atoms with van der Waals surface area (Å²) in [4.78, 5) is 19.2. The molecule has 1 fully saturated rings. The molecule has 0 atom stereocenters. The summed E-state index contributed by atoms with van der Waals surface area (Å²) in [6.45, 7) is 1.96. The van der Waals surface area contributed by atoms with E-state index in [1.54, 1.807) is 24.0 Å². The Morgan fingerprint density at radius 2 is 2.14 bits per heavy atom. The van der Waals surface area contributed by atoms with Gasteiger partial charge in [-0.15, -0.1) is 0 Å². The number of nitrogens with two attached hydrogens (primary N) is 1. The fraction of sp³-hybridized carbons (Fsp3) is 0.462. The Labute approximate surface area is 126 Å². The van der Waals surface area contributed by atoms with E-state index in [-0.39, 0.29) is 11.7 Å². The molecule has 21 heavy (non-hydrogen) atoms. The van der Waals surface area contributed by atoms with Crippen molar-refractivity contribution >= 4 is 34.0 Å². The zero-order valence-electron chi connectivity index (χ0n) is 11.9. The minimum atomic E-state index is -0.257. The number of nitrogens with one attached hydrogen (secondary N) is 1. The molecule has 0 spiro atoms. The zero-order chi connectivity index (χ0) is 14.8. The molecule has 8 heteroatoms. The Balaban J connectivity index is 1.75. The summed E-state index contributed by atoms with van der Waals surface area (Å²) in [5, 5.41) is 7.69. The highest BCUT2D eigenvalue weighted by Gasteiger charge is 2.21. The van der Waals surface area contributed by atoms with Crippen LogP contribution >= 0.6 is 11.3 Å². The molecule has 112 valence electrons.